The van der Waals surface area contributed by atoms with E-state index in [1.165, 1.54) is 36.4 Å². The third kappa shape index (κ3) is 3.10. The third-order valence-electron chi connectivity index (χ3n) is 2.53. The summed E-state index contributed by atoms with van der Waals surface area (Å²) in [7, 11) is -3.76. The molecule has 0 aliphatic heterocycles. The molecule has 0 amide bonds. The van der Waals surface area contributed by atoms with E-state index in [-0.39, 0.29) is 10.6 Å². The van der Waals surface area contributed by atoms with Crippen LogP contribution in [0.4, 0.5) is 11.4 Å². The average molecular weight is 352 g/mol. The molecule has 0 heterocycles. The Hall–Kier alpha value is -2.04. The first-order valence-corrected chi connectivity index (χ1v) is 7.78. The monoisotopic (exact) mass is 351 g/mol. The van der Waals surface area contributed by atoms with E-state index in [1.807, 2.05) is 6.07 Å². The maximum Gasteiger partial charge on any atom is 0.263 e. The summed E-state index contributed by atoms with van der Waals surface area (Å²) in [4.78, 5) is 0.00468. The number of nitrogen functional groups attached to an aromatic ring is 1. The van der Waals surface area contributed by atoms with Gasteiger partial charge in [-0.05, 0) is 42.5 Å². The number of nitrogens with one attached hydrogen (secondary N) is 1. The van der Waals surface area contributed by atoms with E-state index in [1.54, 1.807) is 6.07 Å². The minimum atomic E-state index is -3.76. The summed E-state index contributed by atoms with van der Waals surface area (Å²) < 4.78 is 27.5. The first-order chi connectivity index (χ1) is 9.42. The van der Waals surface area contributed by atoms with Crippen LogP contribution in [0.3, 0.4) is 0 Å². The van der Waals surface area contributed by atoms with Gasteiger partial charge in [-0.15, -0.1) is 0 Å². The van der Waals surface area contributed by atoms with Crippen LogP contribution < -0.4 is 10.5 Å². The Labute approximate surface area is 125 Å². The predicted molar refractivity (Wildman–Crippen MR) is 80.5 cm³/mol. The standard InChI is InChI=1S/C13H10BrN3O2S/c14-10-3-6-13(12(16)7-10)20(18,19)17-11-4-1-9(8-15)2-5-11/h1-7,17H,16H2. The number of nitrogens with two attached hydrogens (primary N) is 1. The molecule has 0 spiro atoms. The summed E-state index contributed by atoms with van der Waals surface area (Å²) in [6.45, 7) is 0. The lowest BCUT2D eigenvalue weighted by Crippen LogP contribution is -2.14. The molecular formula is C13H10BrN3O2S. The van der Waals surface area contributed by atoms with E-state index in [9.17, 15) is 8.42 Å². The number of halogens is 1. The summed E-state index contributed by atoms with van der Waals surface area (Å²) in [5, 5.41) is 8.69. The van der Waals surface area contributed by atoms with Gasteiger partial charge in [0.05, 0.1) is 17.3 Å². The Balaban J connectivity index is 2.33. The highest BCUT2D eigenvalue weighted by Gasteiger charge is 2.17. The number of nitrogens with zero attached hydrogens (tertiary/aromatic N) is 1. The molecule has 5 nitrogen and oxygen atoms in total. The molecule has 0 saturated carbocycles. The topological polar surface area (TPSA) is 96.0 Å². The average Bonchev–Trinajstić information content (AvgIpc) is 2.38. The van der Waals surface area contributed by atoms with Crippen LogP contribution in [0.5, 0.6) is 0 Å². The quantitative estimate of drug-likeness (QED) is 0.830. The largest absolute Gasteiger partial charge is 0.398 e. The summed E-state index contributed by atoms with van der Waals surface area (Å²) in [5.74, 6) is 0. The minimum absolute atomic E-state index is 0.00468. The maximum absolute atomic E-state index is 12.2. The van der Waals surface area contributed by atoms with Crippen molar-refractivity contribution in [3.8, 4) is 6.07 Å². The Kier molecular flexibility index (Phi) is 3.97. The van der Waals surface area contributed by atoms with E-state index in [2.05, 4.69) is 20.7 Å². The van der Waals surface area contributed by atoms with Crippen LogP contribution in [-0.2, 0) is 10.0 Å². The summed E-state index contributed by atoms with van der Waals surface area (Å²) in [6.07, 6.45) is 0. The molecule has 3 N–H and O–H groups in total. The Bertz CT molecular complexity index is 780. The minimum Gasteiger partial charge on any atom is -0.398 e. The normalized spacial score (nSPS) is 10.8. The number of hydrogen-bond acceptors (Lipinski definition) is 4. The zero-order valence-corrected chi connectivity index (χ0v) is 12.6. The highest BCUT2D eigenvalue weighted by atomic mass is 79.9. The Morgan fingerprint density at radius 1 is 1.15 bits per heavy atom. The third-order valence-corrected chi connectivity index (χ3v) is 4.48. The van der Waals surface area contributed by atoms with E-state index < -0.39 is 10.0 Å². The van der Waals surface area contributed by atoms with Gasteiger partial charge < -0.3 is 5.73 Å². The van der Waals surface area contributed by atoms with Crippen molar-refractivity contribution in [3.05, 3.63) is 52.5 Å². The summed E-state index contributed by atoms with van der Waals surface area (Å²) in [5.41, 5.74) is 6.69. The van der Waals surface area contributed by atoms with Crippen molar-refractivity contribution in [1.29, 1.82) is 5.26 Å². The number of rotatable bonds is 3. The van der Waals surface area contributed by atoms with Gasteiger partial charge in [-0.3, -0.25) is 4.72 Å². The van der Waals surface area contributed by atoms with Crippen molar-refractivity contribution in [2.75, 3.05) is 10.5 Å². The Morgan fingerprint density at radius 3 is 2.35 bits per heavy atom. The molecule has 0 aromatic heterocycles. The van der Waals surface area contributed by atoms with E-state index in [4.69, 9.17) is 11.0 Å². The van der Waals surface area contributed by atoms with Crippen molar-refractivity contribution in [2.45, 2.75) is 4.90 Å². The zero-order chi connectivity index (χ0) is 14.8. The van der Waals surface area contributed by atoms with E-state index in [0.29, 0.717) is 15.7 Å². The number of benzene rings is 2. The van der Waals surface area contributed by atoms with Crippen LogP contribution in [0, 0.1) is 11.3 Å². The van der Waals surface area contributed by atoms with Crippen molar-refractivity contribution >= 4 is 37.3 Å². The fourth-order valence-corrected chi connectivity index (χ4v) is 3.14. The van der Waals surface area contributed by atoms with Gasteiger partial charge in [0.2, 0.25) is 0 Å². The number of nitriles is 1. The molecule has 0 saturated heterocycles. The second kappa shape index (κ2) is 5.53. The second-order valence-electron chi connectivity index (χ2n) is 3.98. The molecule has 2 aromatic rings. The second-order valence-corrected chi connectivity index (χ2v) is 6.54. The molecule has 0 bridgehead atoms. The molecule has 0 radical (unpaired) electrons. The van der Waals surface area contributed by atoms with Gasteiger partial charge >= 0.3 is 0 Å². The molecule has 102 valence electrons. The zero-order valence-electron chi connectivity index (χ0n) is 10.2. The van der Waals surface area contributed by atoms with Crippen LogP contribution >= 0.6 is 15.9 Å². The van der Waals surface area contributed by atoms with Gasteiger partial charge in [0.15, 0.2) is 0 Å². The fraction of sp³-hybridized carbons (Fsp3) is 0. The van der Waals surface area contributed by atoms with Crippen LogP contribution in [0.1, 0.15) is 5.56 Å². The van der Waals surface area contributed by atoms with Gasteiger partial charge in [-0.2, -0.15) is 5.26 Å². The smallest absolute Gasteiger partial charge is 0.263 e. The summed E-state index contributed by atoms with van der Waals surface area (Å²) in [6, 6.07) is 12.6. The molecule has 0 atom stereocenters. The maximum atomic E-state index is 12.2. The number of sulfonamides is 1. The highest BCUT2D eigenvalue weighted by Crippen LogP contribution is 2.24. The lowest BCUT2D eigenvalue weighted by Gasteiger charge is -2.10. The highest BCUT2D eigenvalue weighted by molar-refractivity contribution is 9.10. The SMILES string of the molecule is N#Cc1ccc(NS(=O)(=O)c2ccc(Br)cc2N)cc1. The summed E-state index contributed by atoms with van der Waals surface area (Å²) >= 11 is 3.22. The Morgan fingerprint density at radius 2 is 1.80 bits per heavy atom. The van der Waals surface area contributed by atoms with E-state index in [0.717, 1.165) is 0 Å². The van der Waals surface area contributed by atoms with Crippen LogP contribution in [0.2, 0.25) is 0 Å². The van der Waals surface area contributed by atoms with Crippen LogP contribution in [0.25, 0.3) is 0 Å². The molecule has 2 aromatic carbocycles. The molecular weight excluding hydrogens is 342 g/mol. The lowest BCUT2D eigenvalue weighted by atomic mass is 10.2. The molecule has 0 aliphatic rings. The van der Waals surface area contributed by atoms with Gasteiger partial charge in [0.25, 0.3) is 10.0 Å². The van der Waals surface area contributed by atoms with Gasteiger partial charge in [-0.1, -0.05) is 15.9 Å². The van der Waals surface area contributed by atoms with Crippen molar-refractivity contribution in [1.82, 2.24) is 0 Å². The van der Waals surface area contributed by atoms with Gasteiger partial charge in [0.1, 0.15) is 4.90 Å². The molecule has 7 heteroatoms. The molecule has 20 heavy (non-hydrogen) atoms. The van der Waals surface area contributed by atoms with Crippen molar-refractivity contribution in [3.63, 3.8) is 0 Å². The molecule has 0 fully saturated rings. The molecule has 0 unspecified atom stereocenters. The van der Waals surface area contributed by atoms with Crippen LogP contribution in [-0.4, -0.2) is 8.42 Å². The van der Waals surface area contributed by atoms with Crippen molar-refractivity contribution in [2.24, 2.45) is 0 Å². The molecule has 2 rings (SSSR count). The van der Waals surface area contributed by atoms with E-state index >= 15 is 0 Å². The van der Waals surface area contributed by atoms with Crippen LogP contribution in [0.15, 0.2) is 51.8 Å². The predicted octanol–water partition coefficient (Wildman–Crippen LogP) is 2.70. The first-order valence-electron chi connectivity index (χ1n) is 5.50. The fourth-order valence-electron chi connectivity index (χ4n) is 1.59. The number of anilines is 2. The van der Waals surface area contributed by atoms with Gasteiger partial charge in [-0.25, -0.2) is 8.42 Å². The first kappa shape index (κ1) is 14.4. The van der Waals surface area contributed by atoms with Crippen molar-refractivity contribution < 1.29 is 8.42 Å². The molecule has 0 aliphatic carbocycles. The lowest BCUT2D eigenvalue weighted by molar-refractivity contribution is 0.601. The number of hydrogen-bond donors (Lipinski definition) is 2. The van der Waals surface area contributed by atoms with Gasteiger partial charge in [0, 0.05) is 10.2 Å².